The highest BCUT2D eigenvalue weighted by atomic mass is 32.1. The van der Waals surface area contributed by atoms with Gasteiger partial charge in [-0.2, -0.15) is 0 Å². The number of methoxy groups -OCH3 is 1. The summed E-state index contributed by atoms with van der Waals surface area (Å²) in [5.41, 5.74) is 2.04. The smallest absolute Gasteiger partial charge is 0.233 e. The molecule has 138 valence electrons. The molecule has 1 heterocycles. The number of rotatable bonds is 7. The molecule has 1 atom stereocenters. The number of anilines is 1. The van der Waals surface area contributed by atoms with Crippen LogP contribution in [-0.4, -0.2) is 23.2 Å². The third-order valence-corrected chi connectivity index (χ3v) is 4.94. The average molecular weight is 379 g/mol. The van der Waals surface area contributed by atoms with Crippen molar-refractivity contribution in [3.63, 3.8) is 0 Å². The van der Waals surface area contributed by atoms with Crippen LogP contribution in [0.5, 0.6) is 5.75 Å². The molecule has 1 amide bonds. The SMILES string of the molecule is CC[C@H](C(=O)Nc1nnc(/C=C/c2ccc(OC)cc2)s1)c1ccccc1. The minimum absolute atomic E-state index is 0.0643. The Labute approximate surface area is 162 Å². The Morgan fingerprint density at radius 1 is 1.11 bits per heavy atom. The third kappa shape index (κ3) is 5.01. The van der Waals surface area contributed by atoms with E-state index in [4.69, 9.17) is 4.74 Å². The molecule has 0 saturated carbocycles. The first kappa shape index (κ1) is 18.8. The minimum atomic E-state index is -0.201. The summed E-state index contributed by atoms with van der Waals surface area (Å²) < 4.78 is 5.15. The van der Waals surface area contributed by atoms with E-state index in [0.717, 1.165) is 28.3 Å². The second-order valence-electron chi connectivity index (χ2n) is 5.91. The summed E-state index contributed by atoms with van der Waals surface area (Å²) in [7, 11) is 1.64. The minimum Gasteiger partial charge on any atom is -0.497 e. The number of carbonyl (C=O) groups is 1. The van der Waals surface area contributed by atoms with E-state index in [1.54, 1.807) is 7.11 Å². The van der Waals surface area contributed by atoms with Gasteiger partial charge in [0.2, 0.25) is 11.0 Å². The van der Waals surface area contributed by atoms with Gasteiger partial charge in [0, 0.05) is 0 Å². The van der Waals surface area contributed by atoms with Gasteiger partial charge in [0.1, 0.15) is 10.8 Å². The highest BCUT2D eigenvalue weighted by Gasteiger charge is 2.19. The Hall–Kier alpha value is -2.99. The normalized spacial score (nSPS) is 12.1. The molecule has 0 fully saturated rings. The molecule has 0 spiro atoms. The van der Waals surface area contributed by atoms with Crippen molar-refractivity contribution in [3.05, 3.63) is 70.7 Å². The number of amides is 1. The predicted octanol–water partition coefficient (Wildman–Crippen LogP) is 4.85. The average Bonchev–Trinajstić information content (AvgIpc) is 3.15. The van der Waals surface area contributed by atoms with Crippen molar-refractivity contribution in [2.75, 3.05) is 12.4 Å². The summed E-state index contributed by atoms with van der Waals surface area (Å²) in [5, 5.41) is 12.3. The molecule has 1 N–H and O–H groups in total. The Balaban J connectivity index is 1.64. The van der Waals surface area contributed by atoms with E-state index in [9.17, 15) is 4.79 Å². The zero-order chi connectivity index (χ0) is 19.1. The zero-order valence-corrected chi connectivity index (χ0v) is 16.1. The number of benzene rings is 2. The predicted molar refractivity (Wildman–Crippen MR) is 110 cm³/mol. The van der Waals surface area contributed by atoms with Crippen molar-refractivity contribution in [3.8, 4) is 5.75 Å². The van der Waals surface area contributed by atoms with Gasteiger partial charge in [-0.1, -0.05) is 66.8 Å². The highest BCUT2D eigenvalue weighted by molar-refractivity contribution is 7.16. The first-order chi connectivity index (χ1) is 13.2. The molecule has 0 aliphatic rings. The van der Waals surface area contributed by atoms with E-state index in [0.29, 0.717) is 5.13 Å². The molecule has 6 heteroatoms. The standard InChI is InChI=1S/C21H21N3O2S/c1-3-18(16-7-5-4-6-8-16)20(25)22-21-24-23-19(27-21)14-11-15-9-12-17(26-2)13-10-15/h4-14,18H,3H2,1-2H3,(H,22,24,25)/b14-11+/t18-/m0/s1. The van der Waals surface area contributed by atoms with Crippen molar-refractivity contribution < 1.29 is 9.53 Å². The second-order valence-corrected chi connectivity index (χ2v) is 6.92. The van der Waals surface area contributed by atoms with Gasteiger partial charge >= 0.3 is 0 Å². The van der Waals surface area contributed by atoms with Gasteiger partial charge in [0.05, 0.1) is 13.0 Å². The molecule has 27 heavy (non-hydrogen) atoms. The van der Waals surface area contributed by atoms with Gasteiger partial charge < -0.3 is 4.74 Å². The molecule has 0 saturated heterocycles. The number of hydrogen-bond acceptors (Lipinski definition) is 5. The fourth-order valence-electron chi connectivity index (χ4n) is 2.69. The van der Waals surface area contributed by atoms with E-state index >= 15 is 0 Å². The van der Waals surface area contributed by atoms with E-state index in [-0.39, 0.29) is 11.8 Å². The van der Waals surface area contributed by atoms with E-state index in [2.05, 4.69) is 15.5 Å². The van der Waals surface area contributed by atoms with Crippen LogP contribution in [0.4, 0.5) is 5.13 Å². The van der Waals surface area contributed by atoms with Crippen molar-refractivity contribution in [2.24, 2.45) is 0 Å². The number of nitrogens with one attached hydrogen (secondary N) is 1. The molecular weight excluding hydrogens is 358 g/mol. The molecule has 3 rings (SSSR count). The number of carbonyl (C=O) groups excluding carboxylic acids is 1. The maximum Gasteiger partial charge on any atom is 0.233 e. The lowest BCUT2D eigenvalue weighted by atomic mass is 9.96. The van der Waals surface area contributed by atoms with Crippen LogP contribution in [0.25, 0.3) is 12.2 Å². The van der Waals surface area contributed by atoms with E-state index < -0.39 is 0 Å². The van der Waals surface area contributed by atoms with Gasteiger partial charge in [0.15, 0.2) is 0 Å². The van der Waals surface area contributed by atoms with Crippen LogP contribution in [0.1, 0.15) is 35.4 Å². The van der Waals surface area contributed by atoms with Crippen LogP contribution in [0.15, 0.2) is 54.6 Å². The lowest BCUT2D eigenvalue weighted by Crippen LogP contribution is -2.20. The van der Waals surface area contributed by atoms with E-state index in [1.807, 2.05) is 73.7 Å². The fourth-order valence-corrected chi connectivity index (χ4v) is 3.33. The lowest BCUT2D eigenvalue weighted by Gasteiger charge is -2.13. The first-order valence-corrected chi connectivity index (χ1v) is 9.52. The van der Waals surface area contributed by atoms with Crippen LogP contribution in [0, 0.1) is 0 Å². The van der Waals surface area contributed by atoms with Gasteiger partial charge in [-0.25, -0.2) is 0 Å². The summed E-state index contributed by atoms with van der Waals surface area (Å²) in [5.74, 6) is 0.552. The molecule has 2 aromatic carbocycles. The first-order valence-electron chi connectivity index (χ1n) is 8.71. The largest absolute Gasteiger partial charge is 0.497 e. The highest BCUT2D eigenvalue weighted by Crippen LogP contribution is 2.24. The zero-order valence-electron chi connectivity index (χ0n) is 15.3. The van der Waals surface area contributed by atoms with Crippen molar-refractivity contribution in [2.45, 2.75) is 19.3 Å². The Morgan fingerprint density at radius 2 is 1.85 bits per heavy atom. The summed E-state index contributed by atoms with van der Waals surface area (Å²) in [6.45, 7) is 2.00. The second kappa shape index (κ2) is 9.09. The molecule has 0 aliphatic carbocycles. The van der Waals surface area contributed by atoms with Gasteiger partial charge in [-0.15, -0.1) is 10.2 Å². The van der Waals surface area contributed by atoms with Crippen LogP contribution < -0.4 is 10.1 Å². The summed E-state index contributed by atoms with van der Waals surface area (Å²) in [6, 6.07) is 17.5. The van der Waals surface area contributed by atoms with Gasteiger partial charge in [-0.3, -0.25) is 10.1 Å². The monoisotopic (exact) mass is 379 g/mol. The molecule has 3 aromatic rings. The maximum absolute atomic E-state index is 12.6. The fraction of sp³-hybridized carbons (Fsp3) is 0.190. The molecule has 0 unspecified atom stereocenters. The number of aromatic nitrogens is 2. The van der Waals surface area contributed by atoms with Crippen molar-refractivity contribution >= 4 is 34.5 Å². The Morgan fingerprint density at radius 3 is 2.52 bits per heavy atom. The topological polar surface area (TPSA) is 64.1 Å². The number of hydrogen-bond donors (Lipinski definition) is 1. The third-order valence-electron chi connectivity index (χ3n) is 4.13. The van der Waals surface area contributed by atoms with Crippen LogP contribution >= 0.6 is 11.3 Å². The maximum atomic E-state index is 12.6. The van der Waals surface area contributed by atoms with Crippen LogP contribution in [-0.2, 0) is 4.79 Å². The quantitative estimate of drug-likeness (QED) is 0.637. The van der Waals surface area contributed by atoms with Crippen molar-refractivity contribution in [1.29, 1.82) is 0 Å². The summed E-state index contributed by atoms with van der Waals surface area (Å²) in [4.78, 5) is 12.6. The Kier molecular flexibility index (Phi) is 6.33. The van der Waals surface area contributed by atoms with Crippen molar-refractivity contribution in [1.82, 2.24) is 10.2 Å². The van der Waals surface area contributed by atoms with Crippen LogP contribution in [0.2, 0.25) is 0 Å². The van der Waals surface area contributed by atoms with Crippen LogP contribution in [0.3, 0.4) is 0 Å². The van der Waals surface area contributed by atoms with Gasteiger partial charge in [-0.05, 0) is 35.8 Å². The molecule has 0 bridgehead atoms. The molecule has 0 radical (unpaired) electrons. The lowest BCUT2D eigenvalue weighted by molar-refractivity contribution is -0.117. The van der Waals surface area contributed by atoms with E-state index in [1.165, 1.54) is 11.3 Å². The summed E-state index contributed by atoms with van der Waals surface area (Å²) >= 11 is 1.35. The Bertz CT molecular complexity index is 905. The summed E-state index contributed by atoms with van der Waals surface area (Å²) in [6.07, 6.45) is 4.55. The number of nitrogens with zero attached hydrogens (tertiary/aromatic N) is 2. The molecule has 1 aromatic heterocycles. The molecule has 5 nitrogen and oxygen atoms in total. The molecular formula is C21H21N3O2S. The number of ether oxygens (including phenoxy) is 1. The van der Waals surface area contributed by atoms with Gasteiger partial charge in [0.25, 0.3) is 0 Å². The molecule has 0 aliphatic heterocycles.